The van der Waals surface area contributed by atoms with Gasteiger partial charge in [0.15, 0.2) is 0 Å². The maximum absolute atomic E-state index is 9.28. The van der Waals surface area contributed by atoms with Crippen LogP contribution in [0.4, 0.5) is 5.69 Å². The molecule has 0 radical (unpaired) electrons. The molecule has 0 fully saturated rings. The van der Waals surface area contributed by atoms with Gasteiger partial charge in [0.2, 0.25) is 0 Å². The summed E-state index contributed by atoms with van der Waals surface area (Å²) in [5, 5.41) is 12.5. The van der Waals surface area contributed by atoms with Crippen LogP contribution in [0.5, 0.6) is 0 Å². The third-order valence-electron chi connectivity index (χ3n) is 2.73. The summed E-state index contributed by atoms with van der Waals surface area (Å²) >= 11 is 3.46. The Bertz CT molecular complexity index is 573. The molecule has 90 valence electrons. The Kier molecular flexibility index (Phi) is 4.01. The average Bonchev–Trinajstić information content (AvgIpc) is 2.40. The maximum atomic E-state index is 9.28. The Morgan fingerprint density at radius 1 is 1.17 bits per heavy atom. The normalized spacial score (nSPS) is 11.6. The third-order valence-corrected chi connectivity index (χ3v) is 3.62. The molecule has 3 heteroatoms. The molecule has 18 heavy (non-hydrogen) atoms. The number of halogens is 1. The molecule has 2 aromatic rings. The standard InChI is InChI=1S/C15H13BrN2/c1-11-9-12(7-8-14(11)16)15(10-17)18-13-5-3-2-4-6-13/h2-9,15,18H,1H3. The fourth-order valence-corrected chi connectivity index (χ4v) is 1.99. The van der Waals surface area contributed by atoms with Crippen molar-refractivity contribution in [2.75, 3.05) is 5.32 Å². The molecule has 0 amide bonds. The number of benzene rings is 2. The van der Waals surface area contributed by atoms with E-state index in [2.05, 4.69) is 27.3 Å². The van der Waals surface area contributed by atoms with Gasteiger partial charge in [0.1, 0.15) is 6.04 Å². The summed E-state index contributed by atoms with van der Waals surface area (Å²) in [6, 6.07) is 17.7. The Hall–Kier alpha value is -1.79. The molecular weight excluding hydrogens is 288 g/mol. The van der Waals surface area contributed by atoms with E-state index in [0.717, 1.165) is 21.3 Å². The Morgan fingerprint density at radius 3 is 2.50 bits per heavy atom. The fraction of sp³-hybridized carbons (Fsp3) is 0.133. The first-order valence-electron chi connectivity index (χ1n) is 5.68. The highest BCUT2D eigenvalue weighted by atomic mass is 79.9. The molecule has 1 atom stereocenters. The van der Waals surface area contributed by atoms with E-state index in [-0.39, 0.29) is 6.04 Å². The highest BCUT2D eigenvalue weighted by molar-refractivity contribution is 9.10. The average molecular weight is 301 g/mol. The zero-order valence-electron chi connectivity index (χ0n) is 10.0. The van der Waals surface area contributed by atoms with Gasteiger partial charge in [-0.2, -0.15) is 5.26 Å². The Labute approximate surface area is 115 Å². The molecule has 0 aromatic heterocycles. The molecule has 1 unspecified atom stereocenters. The number of nitrogens with one attached hydrogen (secondary N) is 1. The minimum Gasteiger partial charge on any atom is -0.366 e. The predicted molar refractivity (Wildman–Crippen MR) is 77.3 cm³/mol. The summed E-state index contributed by atoms with van der Waals surface area (Å²) in [5.41, 5.74) is 3.05. The lowest BCUT2D eigenvalue weighted by molar-refractivity contribution is 0.993. The third kappa shape index (κ3) is 2.91. The SMILES string of the molecule is Cc1cc(C(C#N)Nc2ccccc2)ccc1Br. The van der Waals surface area contributed by atoms with Crippen molar-refractivity contribution in [2.24, 2.45) is 0 Å². The zero-order valence-corrected chi connectivity index (χ0v) is 11.6. The molecule has 2 nitrogen and oxygen atoms in total. The smallest absolute Gasteiger partial charge is 0.140 e. The van der Waals surface area contributed by atoms with Gasteiger partial charge in [-0.15, -0.1) is 0 Å². The number of hydrogen-bond acceptors (Lipinski definition) is 2. The van der Waals surface area contributed by atoms with E-state index in [0.29, 0.717) is 0 Å². The summed E-state index contributed by atoms with van der Waals surface area (Å²) in [5.74, 6) is 0. The van der Waals surface area contributed by atoms with Crippen molar-refractivity contribution in [3.05, 3.63) is 64.1 Å². The quantitative estimate of drug-likeness (QED) is 0.910. The Morgan fingerprint density at radius 2 is 1.89 bits per heavy atom. The van der Waals surface area contributed by atoms with Gasteiger partial charge in [-0.1, -0.05) is 46.3 Å². The van der Waals surface area contributed by atoms with E-state index in [1.54, 1.807) is 0 Å². The number of anilines is 1. The van der Waals surface area contributed by atoms with Crippen LogP contribution in [0.15, 0.2) is 53.0 Å². The number of hydrogen-bond donors (Lipinski definition) is 1. The van der Waals surface area contributed by atoms with Crippen molar-refractivity contribution in [3.8, 4) is 6.07 Å². The molecule has 2 rings (SSSR count). The topological polar surface area (TPSA) is 35.8 Å². The van der Waals surface area contributed by atoms with Crippen molar-refractivity contribution in [3.63, 3.8) is 0 Å². The second-order valence-electron chi connectivity index (χ2n) is 4.08. The Balaban J connectivity index is 2.24. The van der Waals surface area contributed by atoms with Crippen LogP contribution in [-0.2, 0) is 0 Å². The van der Waals surface area contributed by atoms with E-state index in [9.17, 15) is 5.26 Å². The fourth-order valence-electron chi connectivity index (χ4n) is 1.74. The van der Waals surface area contributed by atoms with Crippen molar-refractivity contribution >= 4 is 21.6 Å². The second kappa shape index (κ2) is 5.70. The summed E-state index contributed by atoms with van der Waals surface area (Å²) in [7, 11) is 0. The lowest BCUT2D eigenvalue weighted by Gasteiger charge is -2.14. The highest BCUT2D eigenvalue weighted by Crippen LogP contribution is 2.23. The molecular formula is C15H13BrN2. The van der Waals surface area contributed by atoms with E-state index >= 15 is 0 Å². The van der Waals surface area contributed by atoms with Gasteiger partial charge in [-0.3, -0.25) is 0 Å². The number of nitrogens with zero attached hydrogens (tertiary/aromatic N) is 1. The zero-order chi connectivity index (χ0) is 13.0. The van der Waals surface area contributed by atoms with Gasteiger partial charge >= 0.3 is 0 Å². The number of nitriles is 1. The van der Waals surface area contributed by atoms with Crippen LogP contribution >= 0.6 is 15.9 Å². The number of rotatable bonds is 3. The maximum Gasteiger partial charge on any atom is 0.140 e. The van der Waals surface area contributed by atoms with Gasteiger partial charge in [0.05, 0.1) is 6.07 Å². The first-order chi connectivity index (χ1) is 8.70. The largest absolute Gasteiger partial charge is 0.366 e. The second-order valence-corrected chi connectivity index (χ2v) is 4.94. The van der Waals surface area contributed by atoms with Crippen LogP contribution < -0.4 is 5.32 Å². The van der Waals surface area contributed by atoms with Crippen LogP contribution in [0.3, 0.4) is 0 Å². The first-order valence-corrected chi connectivity index (χ1v) is 6.47. The summed E-state index contributed by atoms with van der Waals surface area (Å²) in [6.07, 6.45) is 0. The van der Waals surface area contributed by atoms with Crippen molar-refractivity contribution in [1.29, 1.82) is 5.26 Å². The molecule has 2 aromatic carbocycles. The first kappa shape index (κ1) is 12.7. The minimum absolute atomic E-state index is 0.334. The van der Waals surface area contributed by atoms with Gasteiger partial charge < -0.3 is 5.32 Å². The van der Waals surface area contributed by atoms with Gasteiger partial charge in [-0.25, -0.2) is 0 Å². The van der Waals surface area contributed by atoms with Crippen molar-refractivity contribution in [2.45, 2.75) is 13.0 Å². The molecule has 0 aliphatic heterocycles. The highest BCUT2D eigenvalue weighted by Gasteiger charge is 2.10. The van der Waals surface area contributed by atoms with Crippen LogP contribution in [-0.4, -0.2) is 0 Å². The predicted octanol–water partition coefficient (Wildman–Crippen LogP) is 4.43. The number of para-hydroxylation sites is 1. The van der Waals surface area contributed by atoms with E-state index in [4.69, 9.17) is 0 Å². The van der Waals surface area contributed by atoms with Crippen LogP contribution in [0, 0.1) is 18.3 Å². The van der Waals surface area contributed by atoms with Crippen molar-refractivity contribution in [1.82, 2.24) is 0 Å². The van der Waals surface area contributed by atoms with Gasteiger partial charge in [-0.05, 0) is 36.2 Å². The molecule has 0 heterocycles. The van der Waals surface area contributed by atoms with E-state index < -0.39 is 0 Å². The van der Waals surface area contributed by atoms with Crippen LogP contribution in [0.2, 0.25) is 0 Å². The van der Waals surface area contributed by atoms with Gasteiger partial charge in [0, 0.05) is 10.2 Å². The summed E-state index contributed by atoms with van der Waals surface area (Å²) in [4.78, 5) is 0. The summed E-state index contributed by atoms with van der Waals surface area (Å²) in [6.45, 7) is 2.02. The molecule has 0 bridgehead atoms. The van der Waals surface area contributed by atoms with E-state index in [1.807, 2.05) is 55.5 Å². The molecule has 0 spiro atoms. The molecule has 0 aliphatic rings. The lowest BCUT2D eigenvalue weighted by Crippen LogP contribution is -2.08. The molecule has 0 aliphatic carbocycles. The minimum atomic E-state index is -0.334. The number of aryl methyl sites for hydroxylation is 1. The lowest BCUT2D eigenvalue weighted by atomic mass is 10.1. The van der Waals surface area contributed by atoms with E-state index in [1.165, 1.54) is 0 Å². The molecule has 1 N–H and O–H groups in total. The van der Waals surface area contributed by atoms with Gasteiger partial charge in [0.25, 0.3) is 0 Å². The molecule has 0 saturated heterocycles. The summed E-state index contributed by atoms with van der Waals surface area (Å²) < 4.78 is 1.06. The van der Waals surface area contributed by atoms with Crippen LogP contribution in [0.1, 0.15) is 17.2 Å². The van der Waals surface area contributed by atoms with Crippen molar-refractivity contribution < 1.29 is 0 Å². The van der Waals surface area contributed by atoms with Crippen LogP contribution in [0.25, 0.3) is 0 Å². The molecule has 0 saturated carbocycles. The monoisotopic (exact) mass is 300 g/mol.